The number of likely N-dealkylation sites (N-methyl/N-ethyl adjacent to an activating group) is 1. The lowest BCUT2D eigenvalue weighted by Crippen LogP contribution is -2.49. The van der Waals surface area contributed by atoms with Gasteiger partial charge in [0, 0.05) is 37.6 Å². The molecule has 2 amide bonds. The van der Waals surface area contributed by atoms with E-state index in [4.69, 9.17) is 0 Å². The number of hydrogen-bond donors (Lipinski definition) is 1. The van der Waals surface area contributed by atoms with Crippen LogP contribution in [0.3, 0.4) is 0 Å². The summed E-state index contributed by atoms with van der Waals surface area (Å²) in [6.07, 6.45) is 2.54. The lowest BCUT2D eigenvalue weighted by Gasteiger charge is -2.35. The van der Waals surface area contributed by atoms with Crippen LogP contribution in [0.1, 0.15) is 40.0 Å². The molecular formula is C15H27N3O2. The van der Waals surface area contributed by atoms with Gasteiger partial charge in [0.25, 0.3) is 0 Å². The minimum atomic E-state index is -0.193. The molecule has 2 aliphatic heterocycles. The Morgan fingerprint density at radius 3 is 2.55 bits per heavy atom. The molecule has 0 spiro atoms. The maximum atomic E-state index is 12.6. The lowest BCUT2D eigenvalue weighted by molar-refractivity contribution is -0.137. The van der Waals surface area contributed by atoms with Gasteiger partial charge in [-0.25, -0.2) is 0 Å². The maximum Gasteiger partial charge on any atom is 0.228 e. The van der Waals surface area contributed by atoms with Gasteiger partial charge < -0.3 is 15.1 Å². The third-order valence-electron chi connectivity index (χ3n) is 4.43. The molecule has 114 valence electrons. The van der Waals surface area contributed by atoms with Gasteiger partial charge in [0.1, 0.15) is 0 Å². The highest BCUT2D eigenvalue weighted by atomic mass is 16.2. The SMILES string of the molecule is CNC1CCCN(C(=O)C2CC(=O)N(C(C)(C)C)C2)C1. The Morgan fingerprint density at radius 2 is 2.00 bits per heavy atom. The number of likely N-dealkylation sites (tertiary alicyclic amines) is 2. The van der Waals surface area contributed by atoms with Crippen LogP contribution in [0, 0.1) is 5.92 Å². The number of carbonyl (C=O) groups is 2. The van der Waals surface area contributed by atoms with Crippen molar-refractivity contribution in [2.24, 2.45) is 5.92 Å². The van der Waals surface area contributed by atoms with Crippen LogP contribution in [0.4, 0.5) is 0 Å². The van der Waals surface area contributed by atoms with Crippen LogP contribution in [0.2, 0.25) is 0 Å². The van der Waals surface area contributed by atoms with Crippen LogP contribution < -0.4 is 5.32 Å². The van der Waals surface area contributed by atoms with E-state index in [9.17, 15) is 9.59 Å². The first kappa shape index (κ1) is 15.3. The van der Waals surface area contributed by atoms with E-state index in [0.29, 0.717) is 19.0 Å². The van der Waals surface area contributed by atoms with Gasteiger partial charge in [-0.15, -0.1) is 0 Å². The van der Waals surface area contributed by atoms with Gasteiger partial charge in [0.05, 0.1) is 5.92 Å². The molecule has 2 rings (SSSR count). The van der Waals surface area contributed by atoms with E-state index in [2.05, 4.69) is 5.32 Å². The molecule has 5 nitrogen and oxygen atoms in total. The molecule has 0 radical (unpaired) electrons. The molecule has 0 saturated carbocycles. The minimum Gasteiger partial charge on any atom is -0.341 e. The Morgan fingerprint density at radius 1 is 1.30 bits per heavy atom. The molecule has 0 bridgehead atoms. The second-order valence-corrected chi connectivity index (χ2v) is 6.99. The van der Waals surface area contributed by atoms with Crippen molar-refractivity contribution in [1.82, 2.24) is 15.1 Å². The summed E-state index contributed by atoms with van der Waals surface area (Å²) in [5.74, 6) is 0.111. The highest BCUT2D eigenvalue weighted by Gasteiger charge is 2.41. The first-order valence-electron chi connectivity index (χ1n) is 7.59. The van der Waals surface area contributed by atoms with E-state index < -0.39 is 0 Å². The van der Waals surface area contributed by atoms with Crippen molar-refractivity contribution in [2.75, 3.05) is 26.7 Å². The molecule has 2 fully saturated rings. The molecule has 2 heterocycles. The summed E-state index contributed by atoms with van der Waals surface area (Å²) in [6, 6.07) is 0.392. The number of amides is 2. The fraction of sp³-hybridized carbons (Fsp3) is 0.867. The number of rotatable bonds is 2. The minimum absolute atomic E-state index is 0.109. The van der Waals surface area contributed by atoms with E-state index in [1.54, 1.807) is 0 Å². The Hall–Kier alpha value is -1.10. The molecule has 2 unspecified atom stereocenters. The van der Waals surface area contributed by atoms with Gasteiger partial charge >= 0.3 is 0 Å². The molecule has 5 heteroatoms. The van der Waals surface area contributed by atoms with Gasteiger partial charge in [-0.1, -0.05) is 0 Å². The lowest BCUT2D eigenvalue weighted by atomic mass is 10.0. The first-order valence-corrected chi connectivity index (χ1v) is 7.59. The van der Waals surface area contributed by atoms with Gasteiger partial charge in [0.15, 0.2) is 0 Å². The van der Waals surface area contributed by atoms with Gasteiger partial charge in [-0.05, 0) is 40.7 Å². The summed E-state index contributed by atoms with van der Waals surface area (Å²) >= 11 is 0. The Balaban J connectivity index is 1.99. The van der Waals surface area contributed by atoms with Crippen LogP contribution in [-0.2, 0) is 9.59 Å². The summed E-state index contributed by atoms with van der Waals surface area (Å²) in [6.45, 7) is 8.25. The second kappa shape index (κ2) is 5.72. The van der Waals surface area contributed by atoms with Crippen molar-refractivity contribution in [2.45, 2.75) is 51.6 Å². The Bertz CT molecular complexity index is 389. The molecular weight excluding hydrogens is 254 g/mol. The zero-order valence-corrected chi connectivity index (χ0v) is 13.1. The largest absolute Gasteiger partial charge is 0.341 e. The topological polar surface area (TPSA) is 52.7 Å². The number of nitrogens with one attached hydrogen (secondary N) is 1. The van der Waals surface area contributed by atoms with Gasteiger partial charge in [0.2, 0.25) is 11.8 Å². The molecule has 0 aromatic heterocycles. The Labute approximate surface area is 121 Å². The van der Waals surface area contributed by atoms with Crippen molar-refractivity contribution in [3.63, 3.8) is 0 Å². The number of carbonyl (C=O) groups excluding carboxylic acids is 2. The molecule has 0 aliphatic carbocycles. The molecule has 0 aromatic carbocycles. The number of hydrogen-bond acceptors (Lipinski definition) is 3. The van der Waals surface area contributed by atoms with Crippen molar-refractivity contribution >= 4 is 11.8 Å². The molecule has 2 saturated heterocycles. The van der Waals surface area contributed by atoms with Crippen molar-refractivity contribution in [1.29, 1.82) is 0 Å². The average molecular weight is 281 g/mol. The quantitative estimate of drug-likeness (QED) is 0.816. The molecule has 20 heavy (non-hydrogen) atoms. The van der Waals surface area contributed by atoms with E-state index in [1.807, 2.05) is 37.6 Å². The van der Waals surface area contributed by atoms with Gasteiger partial charge in [-0.2, -0.15) is 0 Å². The third kappa shape index (κ3) is 3.14. The monoisotopic (exact) mass is 281 g/mol. The standard InChI is InChI=1S/C15H27N3O2/c1-15(2,3)18-9-11(8-13(18)19)14(20)17-7-5-6-12(10-17)16-4/h11-12,16H,5-10H2,1-4H3. The highest BCUT2D eigenvalue weighted by molar-refractivity contribution is 5.89. The fourth-order valence-electron chi connectivity index (χ4n) is 3.19. The summed E-state index contributed by atoms with van der Waals surface area (Å²) in [5, 5.41) is 3.25. The van der Waals surface area contributed by atoms with E-state index in [-0.39, 0.29) is 23.3 Å². The van der Waals surface area contributed by atoms with Crippen molar-refractivity contribution in [3.8, 4) is 0 Å². The molecule has 1 N–H and O–H groups in total. The summed E-state index contributed by atoms with van der Waals surface area (Å²) in [5.41, 5.74) is -0.193. The normalized spacial score (nSPS) is 28.1. The molecule has 0 aromatic rings. The fourth-order valence-corrected chi connectivity index (χ4v) is 3.19. The van der Waals surface area contributed by atoms with E-state index in [0.717, 1.165) is 25.9 Å². The maximum absolute atomic E-state index is 12.6. The number of piperidine rings is 1. The smallest absolute Gasteiger partial charge is 0.228 e. The van der Waals surface area contributed by atoms with Crippen LogP contribution in [0.5, 0.6) is 0 Å². The third-order valence-corrected chi connectivity index (χ3v) is 4.43. The van der Waals surface area contributed by atoms with E-state index in [1.165, 1.54) is 0 Å². The number of nitrogens with zero attached hydrogens (tertiary/aromatic N) is 2. The zero-order valence-electron chi connectivity index (χ0n) is 13.1. The Kier molecular flexibility index (Phi) is 4.37. The predicted octanol–water partition coefficient (Wildman–Crippen LogP) is 0.844. The predicted molar refractivity (Wildman–Crippen MR) is 78.2 cm³/mol. The van der Waals surface area contributed by atoms with Crippen LogP contribution in [-0.4, -0.2) is 59.9 Å². The van der Waals surface area contributed by atoms with Crippen molar-refractivity contribution < 1.29 is 9.59 Å². The van der Waals surface area contributed by atoms with Crippen molar-refractivity contribution in [3.05, 3.63) is 0 Å². The van der Waals surface area contributed by atoms with Crippen LogP contribution in [0.15, 0.2) is 0 Å². The molecule has 2 aliphatic rings. The summed E-state index contributed by atoms with van der Waals surface area (Å²) in [4.78, 5) is 28.5. The van der Waals surface area contributed by atoms with Gasteiger partial charge in [-0.3, -0.25) is 9.59 Å². The first-order chi connectivity index (χ1) is 9.32. The van der Waals surface area contributed by atoms with Crippen LogP contribution in [0.25, 0.3) is 0 Å². The molecule has 2 atom stereocenters. The highest BCUT2D eigenvalue weighted by Crippen LogP contribution is 2.27. The summed E-state index contributed by atoms with van der Waals surface area (Å²) in [7, 11) is 1.94. The zero-order chi connectivity index (χ0) is 14.9. The second-order valence-electron chi connectivity index (χ2n) is 6.99. The van der Waals surface area contributed by atoms with Crippen LogP contribution >= 0.6 is 0 Å². The summed E-state index contributed by atoms with van der Waals surface area (Å²) < 4.78 is 0. The van der Waals surface area contributed by atoms with E-state index >= 15 is 0 Å². The average Bonchev–Trinajstić information content (AvgIpc) is 2.80.